The van der Waals surface area contributed by atoms with Gasteiger partial charge < -0.3 is 10.2 Å². The number of ether oxygens (including phenoxy) is 1. The van der Waals surface area contributed by atoms with Crippen LogP contribution in [0.3, 0.4) is 0 Å². The molecule has 30 heavy (non-hydrogen) atoms. The molecule has 1 saturated heterocycles. The van der Waals surface area contributed by atoms with Crippen molar-refractivity contribution in [1.29, 1.82) is 0 Å². The second-order valence-electron chi connectivity index (χ2n) is 6.89. The first-order chi connectivity index (χ1) is 14.1. The smallest absolute Gasteiger partial charge is 0.341 e. The molecule has 0 spiro atoms. The summed E-state index contributed by atoms with van der Waals surface area (Å²) in [5.41, 5.74) is 2.74. The van der Waals surface area contributed by atoms with E-state index in [2.05, 4.69) is 20.5 Å². The summed E-state index contributed by atoms with van der Waals surface area (Å²) in [6.45, 7) is 1.63. The Bertz CT molecular complexity index is 825. The molecule has 0 bridgehead atoms. The highest BCUT2D eigenvalue weighted by molar-refractivity contribution is 6.38. The number of amidine groups is 1. The van der Waals surface area contributed by atoms with Gasteiger partial charge in [0, 0.05) is 18.7 Å². The van der Waals surface area contributed by atoms with Crippen LogP contribution in [-0.2, 0) is 19.2 Å². The Balaban J connectivity index is 1.51. The Hall–Kier alpha value is -2.73. The van der Waals surface area contributed by atoms with E-state index in [0.29, 0.717) is 5.56 Å². The first-order valence-electron chi connectivity index (χ1n) is 9.21. The number of carbonyl (C=O) groups excluding carboxylic acids is 2. The summed E-state index contributed by atoms with van der Waals surface area (Å²) in [5, 5.41) is 2.46. The zero-order valence-corrected chi connectivity index (χ0v) is 15.9. The predicted octanol–water partition coefficient (Wildman–Crippen LogP) is 1.79. The maximum Gasteiger partial charge on any atom is 0.522 e. The van der Waals surface area contributed by atoms with Crippen molar-refractivity contribution >= 4 is 17.6 Å². The van der Waals surface area contributed by atoms with Crippen molar-refractivity contribution in [2.75, 3.05) is 13.1 Å². The molecule has 3 rings (SSSR count). The fourth-order valence-corrected chi connectivity index (χ4v) is 3.17. The minimum Gasteiger partial charge on any atom is -0.341 e. The first-order valence-corrected chi connectivity index (χ1v) is 9.21. The van der Waals surface area contributed by atoms with E-state index >= 15 is 0 Å². The number of amides is 2. The summed E-state index contributed by atoms with van der Waals surface area (Å²) in [4.78, 5) is 35.4. The molecule has 12 heteroatoms. The normalized spacial score (nSPS) is 21.0. The van der Waals surface area contributed by atoms with Crippen molar-refractivity contribution in [1.82, 2.24) is 15.7 Å². The van der Waals surface area contributed by atoms with Crippen molar-refractivity contribution in [3.05, 3.63) is 35.6 Å². The largest absolute Gasteiger partial charge is 0.522 e. The van der Waals surface area contributed by atoms with Gasteiger partial charge in [0.15, 0.2) is 0 Å². The minimum absolute atomic E-state index is 0.0450. The van der Waals surface area contributed by atoms with Crippen LogP contribution in [0.2, 0.25) is 0 Å². The van der Waals surface area contributed by atoms with Gasteiger partial charge in [-0.25, -0.2) is 19.7 Å². The van der Waals surface area contributed by atoms with Crippen LogP contribution < -0.4 is 10.8 Å². The van der Waals surface area contributed by atoms with Gasteiger partial charge in [0.25, 0.3) is 5.91 Å². The van der Waals surface area contributed by atoms with Gasteiger partial charge in [-0.2, -0.15) is 0 Å². The summed E-state index contributed by atoms with van der Waals surface area (Å²) in [5.74, 6) is -1.80. The van der Waals surface area contributed by atoms with Crippen molar-refractivity contribution in [3.63, 3.8) is 0 Å². The number of carbonyl (C=O) groups is 2. The molecule has 1 aromatic carbocycles. The number of likely N-dealkylation sites (tertiary alicyclic amines) is 1. The maximum atomic E-state index is 13.3. The molecular formula is C18H20F4N4O4. The van der Waals surface area contributed by atoms with E-state index in [1.54, 1.807) is 6.07 Å². The zero-order chi connectivity index (χ0) is 21.9. The molecule has 0 radical (unpaired) electrons. The number of halogens is 4. The zero-order valence-electron chi connectivity index (χ0n) is 15.9. The lowest BCUT2D eigenvalue weighted by molar-refractivity contribution is -0.345. The van der Waals surface area contributed by atoms with Crippen LogP contribution in [0.15, 0.2) is 29.3 Å². The van der Waals surface area contributed by atoms with Crippen molar-refractivity contribution < 1.29 is 36.7 Å². The molecule has 2 amide bonds. The number of hydrogen-bond acceptors (Lipinski definition) is 6. The van der Waals surface area contributed by atoms with Gasteiger partial charge >= 0.3 is 6.36 Å². The number of aliphatic imine (C=N–C) groups is 1. The van der Waals surface area contributed by atoms with E-state index in [9.17, 15) is 27.2 Å². The highest BCUT2D eigenvalue weighted by Crippen LogP contribution is 2.25. The van der Waals surface area contributed by atoms with Crippen LogP contribution in [0.4, 0.5) is 17.6 Å². The van der Waals surface area contributed by atoms with Crippen molar-refractivity contribution in [2.24, 2.45) is 4.99 Å². The average Bonchev–Trinajstić information content (AvgIpc) is 3.17. The average molecular weight is 432 g/mol. The lowest BCUT2D eigenvalue weighted by Crippen LogP contribution is -2.52. The van der Waals surface area contributed by atoms with Crippen LogP contribution in [0.5, 0.6) is 0 Å². The molecule has 2 aliphatic heterocycles. The highest BCUT2D eigenvalue weighted by Gasteiger charge is 2.36. The number of benzene rings is 1. The van der Waals surface area contributed by atoms with Crippen molar-refractivity contribution in [3.8, 4) is 0 Å². The van der Waals surface area contributed by atoms with E-state index in [1.165, 1.54) is 30.0 Å². The monoisotopic (exact) mass is 432 g/mol. The molecule has 164 valence electrons. The molecule has 0 aromatic heterocycles. The summed E-state index contributed by atoms with van der Waals surface area (Å²) >= 11 is 0. The van der Waals surface area contributed by atoms with Gasteiger partial charge in [-0.3, -0.25) is 14.3 Å². The predicted molar refractivity (Wildman–Crippen MR) is 95.1 cm³/mol. The third-order valence-electron chi connectivity index (χ3n) is 4.63. The van der Waals surface area contributed by atoms with Gasteiger partial charge in [-0.1, -0.05) is 12.1 Å². The second kappa shape index (κ2) is 8.96. The van der Waals surface area contributed by atoms with Gasteiger partial charge in [0.1, 0.15) is 11.9 Å². The van der Waals surface area contributed by atoms with Gasteiger partial charge in [-0.15, -0.1) is 13.2 Å². The molecule has 2 atom stereocenters. The Morgan fingerprint density at radius 1 is 1.33 bits per heavy atom. The number of piperidine rings is 1. The maximum absolute atomic E-state index is 13.3. The Labute approximate surface area is 169 Å². The molecule has 2 aliphatic rings. The Morgan fingerprint density at radius 2 is 2.03 bits per heavy atom. The molecule has 2 unspecified atom stereocenters. The number of alkyl halides is 3. The van der Waals surface area contributed by atoms with Gasteiger partial charge in [-0.05, 0) is 31.9 Å². The standard InChI is InChI=1S/C18H20F4N4O4/c1-10(17(28)26-7-5-13(6-8-26)29-18(20,21)22)23-15(27)14-24-16(30-25-14)11-3-2-4-12(19)9-11/h2-4,9-10,13,16H,5-8H2,1H3,(H,23,27)(H,24,25). The summed E-state index contributed by atoms with van der Waals surface area (Å²) in [7, 11) is 0. The minimum atomic E-state index is -4.71. The van der Waals surface area contributed by atoms with E-state index in [1.807, 2.05) is 0 Å². The number of rotatable bonds is 5. The lowest BCUT2D eigenvalue weighted by atomic mass is 10.1. The van der Waals surface area contributed by atoms with Gasteiger partial charge in [0.05, 0.1) is 6.10 Å². The number of nitrogens with one attached hydrogen (secondary N) is 2. The molecule has 1 fully saturated rings. The SMILES string of the molecule is CC(NC(=O)C1=NC(c2cccc(F)c2)ON1)C(=O)N1CCC(OC(F)(F)F)CC1. The third-order valence-corrected chi connectivity index (χ3v) is 4.63. The van der Waals surface area contributed by atoms with Gasteiger partial charge in [0.2, 0.25) is 18.0 Å². The molecule has 0 saturated carbocycles. The van der Waals surface area contributed by atoms with E-state index in [0.717, 1.165) is 0 Å². The molecular weight excluding hydrogens is 412 g/mol. The fourth-order valence-electron chi connectivity index (χ4n) is 3.17. The first kappa shape index (κ1) is 22.0. The van der Waals surface area contributed by atoms with E-state index in [4.69, 9.17) is 4.84 Å². The second-order valence-corrected chi connectivity index (χ2v) is 6.89. The Kier molecular flexibility index (Phi) is 6.56. The molecule has 8 nitrogen and oxygen atoms in total. The highest BCUT2D eigenvalue weighted by atomic mass is 19.4. The summed E-state index contributed by atoms with van der Waals surface area (Å²) < 4.78 is 54.1. The van der Waals surface area contributed by atoms with Crippen LogP contribution in [0.25, 0.3) is 0 Å². The molecule has 2 N–H and O–H groups in total. The summed E-state index contributed by atoms with van der Waals surface area (Å²) in [6, 6.07) is 4.60. The third kappa shape index (κ3) is 5.66. The molecule has 1 aromatic rings. The molecule has 0 aliphatic carbocycles. The molecule has 2 heterocycles. The van der Waals surface area contributed by atoms with Crippen LogP contribution in [0.1, 0.15) is 31.6 Å². The quantitative estimate of drug-likeness (QED) is 0.693. The van der Waals surface area contributed by atoms with E-state index in [-0.39, 0.29) is 31.8 Å². The summed E-state index contributed by atoms with van der Waals surface area (Å²) in [6.07, 6.45) is -6.53. The Morgan fingerprint density at radius 3 is 2.67 bits per heavy atom. The van der Waals surface area contributed by atoms with E-state index < -0.39 is 42.4 Å². The number of nitrogens with zero attached hydrogens (tertiary/aromatic N) is 2. The lowest BCUT2D eigenvalue weighted by Gasteiger charge is -2.33. The fraction of sp³-hybridized carbons (Fsp3) is 0.500. The van der Waals surface area contributed by atoms with Crippen molar-refractivity contribution in [2.45, 2.75) is 44.5 Å². The van der Waals surface area contributed by atoms with Crippen LogP contribution in [-0.4, -0.2) is 54.1 Å². The topological polar surface area (TPSA) is 92.3 Å². The number of hydroxylamine groups is 1. The van der Waals surface area contributed by atoms with Crippen LogP contribution in [0, 0.1) is 5.82 Å². The van der Waals surface area contributed by atoms with Crippen LogP contribution >= 0.6 is 0 Å². The number of hydrogen-bond donors (Lipinski definition) is 2.